The van der Waals surface area contributed by atoms with Crippen molar-refractivity contribution < 1.29 is 40.7 Å². The highest BCUT2D eigenvalue weighted by Gasteiger charge is 2.46. The first kappa shape index (κ1) is 26.1. The highest BCUT2D eigenvalue weighted by atomic mass is 35.5. The second-order valence-corrected chi connectivity index (χ2v) is 8.17. The predicted molar refractivity (Wildman–Crippen MR) is 107 cm³/mol. The standard InChI is InChI=1S/C20H16ClF6N5O3/c1-32-13(8-15(31-32)19(22,23)24)17(34)29-12(16(33)30-18(9-28)4-5-18)7-10-2-3-14(11(21)6-10)35-20(25,26)27/h2-3,6,8,12H,4-5,7H2,1H3,(H,29,34)(H,30,33)/t12-/m0/s1. The maximum Gasteiger partial charge on any atom is 0.573 e. The second-order valence-electron chi connectivity index (χ2n) is 7.76. The fourth-order valence-corrected chi connectivity index (χ4v) is 3.33. The molecule has 35 heavy (non-hydrogen) atoms. The second kappa shape index (κ2) is 9.29. The molecule has 1 aromatic heterocycles. The number of hydrogen-bond donors (Lipinski definition) is 2. The number of amides is 2. The van der Waals surface area contributed by atoms with Crippen LogP contribution in [0.3, 0.4) is 0 Å². The van der Waals surface area contributed by atoms with Crippen LogP contribution < -0.4 is 15.4 Å². The molecule has 2 N–H and O–H groups in total. The Kier molecular flexibility index (Phi) is 6.94. The molecule has 0 unspecified atom stereocenters. The summed E-state index contributed by atoms with van der Waals surface area (Å²) in [6.07, 6.45) is -9.39. The molecule has 0 spiro atoms. The molecule has 2 amide bonds. The van der Waals surface area contributed by atoms with Crippen molar-refractivity contribution in [3.63, 3.8) is 0 Å². The molecule has 0 aliphatic heterocycles. The number of hydrogen-bond acceptors (Lipinski definition) is 5. The quantitative estimate of drug-likeness (QED) is 0.540. The van der Waals surface area contributed by atoms with Gasteiger partial charge in [0.1, 0.15) is 23.0 Å². The number of alkyl halides is 6. The maximum atomic E-state index is 12.9. The van der Waals surface area contributed by atoms with Crippen LogP contribution in [-0.4, -0.2) is 39.5 Å². The van der Waals surface area contributed by atoms with E-state index in [1.54, 1.807) is 0 Å². The van der Waals surface area contributed by atoms with Gasteiger partial charge in [-0.2, -0.15) is 23.5 Å². The topological polar surface area (TPSA) is 109 Å². The number of aromatic nitrogens is 2. The van der Waals surface area contributed by atoms with Gasteiger partial charge in [-0.15, -0.1) is 13.2 Å². The third kappa shape index (κ3) is 6.56. The lowest BCUT2D eigenvalue weighted by atomic mass is 10.0. The first-order valence-electron chi connectivity index (χ1n) is 9.82. The molecular weight excluding hydrogens is 508 g/mol. The average Bonchev–Trinajstić information content (AvgIpc) is 3.38. The van der Waals surface area contributed by atoms with E-state index in [-0.39, 0.29) is 12.0 Å². The number of nitrogens with one attached hydrogen (secondary N) is 2. The van der Waals surface area contributed by atoms with E-state index in [4.69, 9.17) is 11.6 Å². The van der Waals surface area contributed by atoms with Crippen LogP contribution in [0.1, 0.15) is 34.6 Å². The van der Waals surface area contributed by atoms with E-state index in [9.17, 15) is 41.2 Å². The molecule has 1 atom stereocenters. The van der Waals surface area contributed by atoms with Crippen LogP contribution in [0.4, 0.5) is 26.3 Å². The summed E-state index contributed by atoms with van der Waals surface area (Å²) in [5, 5.41) is 16.8. The molecule has 0 saturated heterocycles. The molecule has 1 saturated carbocycles. The van der Waals surface area contributed by atoms with Crippen LogP contribution in [0.25, 0.3) is 0 Å². The number of aryl methyl sites for hydroxylation is 1. The number of carbonyl (C=O) groups excluding carboxylic acids is 2. The monoisotopic (exact) mass is 523 g/mol. The van der Waals surface area contributed by atoms with E-state index >= 15 is 0 Å². The zero-order valence-corrected chi connectivity index (χ0v) is 18.5. The number of carbonyl (C=O) groups is 2. The molecule has 1 fully saturated rings. The van der Waals surface area contributed by atoms with E-state index in [2.05, 4.69) is 20.5 Å². The minimum absolute atomic E-state index is 0.202. The maximum absolute atomic E-state index is 12.9. The molecular formula is C20H16ClF6N5O3. The van der Waals surface area contributed by atoms with E-state index in [1.165, 1.54) is 6.07 Å². The largest absolute Gasteiger partial charge is 0.573 e. The van der Waals surface area contributed by atoms with Crippen molar-refractivity contribution >= 4 is 23.4 Å². The molecule has 0 bridgehead atoms. The Morgan fingerprint density at radius 2 is 1.91 bits per heavy atom. The van der Waals surface area contributed by atoms with Crippen molar-refractivity contribution in [1.29, 1.82) is 5.26 Å². The molecule has 1 aliphatic rings. The van der Waals surface area contributed by atoms with Gasteiger partial charge in [-0.3, -0.25) is 14.3 Å². The third-order valence-corrected chi connectivity index (χ3v) is 5.31. The van der Waals surface area contributed by atoms with Crippen molar-refractivity contribution in [2.24, 2.45) is 7.05 Å². The summed E-state index contributed by atoms with van der Waals surface area (Å²) in [6.45, 7) is 0. The summed E-state index contributed by atoms with van der Waals surface area (Å²) in [5.74, 6) is -2.58. The molecule has 1 aliphatic carbocycles. The van der Waals surface area contributed by atoms with Crippen LogP contribution in [-0.2, 0) is 24.4 Å². The fraction of sp³-hybridized carbons (Fsp3) is 0.400. The van der Waals surface area contributed by atoms with E-state index in [0.717, 1.165) is 19.2 Å². The van der Waals surface area contributed by atoms with E-state index in [1.807, 2.05) is 6.07 Å². The summed E-state index contributed by atoms with van der Waals surface area (Å²) < 4.78 is 80.6. The van der Waals surface area contributed by atoms with Gasteiger partial charge < -0.3 is 15.4 Å². The van der Waals surface area contributed by atoms with Crippen molar-refractivity contribution in [2.75, 3.05) is 0 Å². The van der Waals surface area contributed by atoms with Gasteiger partial charge in [-0.1, -0.05) is 17.7 Å². The van der Waals surface area contributed by atoms with Gasteiger partial charge in [0.2, 0.25) is 5.91 Å². The van der Waals surface area contributed by atoms with Gasteiger partial charge in [-0.25, -0.2) is 0 Å². The lowest BCUT2D eigenvalue weighted by Crippen LogP contribution is -2.51. The van der Waals surface area contributed by atoms with Crippen LogP contribution in [0, 0.1) is 11.3 Å². The van der Waals surface area contributed by atoms with Gasteiger partial charge in [0, 0.05) is 19.5 Å². The molecule has 3 rings (SSSR count). The smallest absolute Gasteiger partial charge is 0.404 e. The van der Waals surface area contributed by atoms with Crippen LogP contribution in [0.15, 0.2) is 24.3 Å². The number of ether oxygens (including phenoxy) is 1. The number of nitrogens with zero attached hydrogens (tertiary/aromatic N) is 3. The lowest BCUT2D eigenvalue weighted by Gasteiger charge is -2.21. The molecule has 1 aromatic carbocycles. The zero-order chi connectivity index (χ0) is 26.2. The summed E-state index contributed by atoms with van der Waals surface area (Å²) in [5.41, 5.74) is -2.74. The van der Waals surface area contributed by atoms with Crippen LogP contribution >= 0.6 is 11.6 Å². The Bertz CT molecular complexity index is 1180. The molecule has 8 nitrogen and oxygen atoms in total. The number of nitriles is 1. The Hall–Kier alpha value is -3.47. The van der Waals surface area contributed by atoms with Gasteiger partial charge in [-0.05, 0) is 30.5 Å². The van der Waals surface area contributed by atoms with Gasteiger partial charge in [0.05, 0.1) is 11.1 Å². The number of halogens is 7. The van der Waals surface area contributed by atoms with Crippen LogP contribution in [0.2, 0.25) is 5.02 Å². The van der Waals surface area contributed by atoms with Gasteiger partial charge >= 0.3 is 12.5 Å². The summed E-state index contributed by atoms with van der Waals surface area (Å²) in [4.78, 5) is 25.5. The molecule has 188 valence electrons. The Morgan fingerprint density at radius 1 is 1.26 bits per heavy atom. The summed E-state index contributed by atoms with van der Waals surface area (Å²) >= 11 is 5.83. The predicted octanol–water partition coefficient (Wildman–Crippen LogP) is 3.50. The minimum Gasteiger partial charge on any atom is -0.404 e. The highest BCUT2D eigenvalue weighted by molar-refractivity contribution is 6.32. The van der Waals surface area contributed by atoms with Gasteiger partial charge in [0.15, 0.2) is 5.69 Å². The third-order valence-electron chi connectivity index (χ3n) is 5.01. The molecule has 15 heteroatoms. The molecule has 1 heterocycles. The minimum atomic E-state index is -4.99. The summed E-state index contributed by atoms with van der Waals surface area (Å²) in [7, 11) is 1.10. The lowest BCUT2D eigenvalue weighted by molar-refractivity contribution is -0.274. The molecule has 2 aromatic rings. The van der Waals surface area contributed by atoms with Crippen molar-refractivity contribution in [3.05, 3.63) is 46.2 Å². The van der Waals surface area contributed by atoms with Gasteiger partial charge in [0.25, 0.3) is 5.91 Å². The van der Waals surface area contributed by atoms with E-state index < -0.39 is 58.1 Å². The average molecular weight is 524 g/mol. The molecule has 0 radical (unpaired) electrons. The Balaban J connectivity index is 1.84. The Morgan fingerprint density at radius 3 is 2.40 bits per heavy atom. The van der Waals surface area contributed by atoms with Crippen molar-refractivity contribution in [3.8, 4) is 11.8 Å². The number of benzene rings is 1. The first-order chi connectivity index (χ1) is 16.1. The van der Waals surface area contributed by atoms with E-state index in [0.29, 0.717) is 23.6 Å². The fourth-order valence-electron chi connectivity index (χ4n) is 3.09. The highest BCUT2D eigenvalue weighted by Crippen LogP contribution is 2.35. The van der Waals surface area contributed by atoms with Crippen molar-refractivity contribution in [2.45, 2.75) is 43.4 Å². The van der Waals surface area contributed by atoms with Crippen molar-refractivity contribution in [1.82, 2.24) is 20.4 Å². The SMILES string of the molecule is Cn1nc(C(F)(F)F)cc1C(=O)N[C@@H](Cc1ccc(OC(F)(F)F)c(Cl)c1)C(=O)NC1(C#N)CC1. The number of rotatable bonds is 7. The summed E-state index contributed by atoms with van der Waals surface area (Å²) in [6, 6.07) is 4.18. The van der Waals surface area contributed by atoms with Crippen LogP contribution in [0.5, 0.6) is 5.75 Å². The zero-order valence-electron chi connectivity index (χ0n) is 17.7. The Labute approximate surface area is 198 Å². The normalized spacial score (nSPS) is 15.6. The first-order valence-corrected chi connectivity index (χ1v) is 10.2.